The van der Waals surface area contributed by atoms with Gasteiger partial charge in [-0.3, -0.25) is 11.3 Å². The summed E-state index contributed by atoms with van der Waals surface area (Å²) >= 11 is 12.0. The molecule has 0 aliphatic rings. The van der Waals surface area contributed by atoms with Crippen molar-refractivity contribution >= 4 is 23.2 Å². The Balaban J connectivity index is 2.14. The highest BCUT2D eigenvalue weighted by Gasteiger charge is 2.13. The van der Waals surface area contributed by atoms with Crippen molar-refractivity contribution in [1.29, 1.82) is 0 Å². The minimum absolute atomic E-state index is 0.220. The summed E-state index contributed by atoms with van der Waals surface area (Å²) in [5.74, 6) is 4.30. The van der Waals surface area contributed by atoms with Gasteiger partial charge in [-0.25, -0.2) is 8.78 Å². The molecule has 1 unspecified atom stereocenters. The van der Waals surface area contributed by atoms with Crippen molar-refractivity contribution in [3.8, 4) is 0 Å². The maximum Gasteiger partial charge on any atom is 0.126 e. The van der Waals surface area contributed by atoms with Crippen LogP contribution >= 0.6 is 23.2 Å². The molecule has 2 rings (SSSR count). The van der Waals surface area contributed by atoms with E-state index in [1.807, 2.05) is 0 Å². The molecule has 0 saturated carbocycles. The first kappa shape index (κ1) is 16.2. The SMILES string of the molecule is NNC(Cc1cc(F)cc(F)c1)Cc1cc(Cl)ccc1Cl. The quantitative estimate of drug-likeness (QED) is 0.644. The summed E-state index contributed by atoms with van der Waals surface area (Å²) in [6.45, 7) is 0. The van der Waals surface area contributed by atoms with Gasteiger partial charge in [-0.2, -0.15) is 0 Å². The van der Waals surface area contributed by atoms with Gasteiger partial charge in [0.2, 0.25) is 0 Å². The zero-order valence-electron chi connectivity index (χ0n) is 11.0. The van der Waals surface area contributed by atoms with Gasteiger partial charge in [0, 0.05) is 22.2 Å². The molecule has 112 valence electrons. The van der Waals surface area contributed by atoms with Crippen LogP contribution in [0.1, 0.15) is 11.1 Å². The number of rotatable bonds is 5. The highest BCUT2D eigenvalue weighted by molar-refractivity contribution is 6.33. The van der Waals surface area contributed by atoms with E-state index in [0.717, 1.165) is 11.6 Å². The van der Waals surface area contributed by atoms with E-state index in [4.69, 9.17) is 29.0 Å². The van der Waals surface area contributed by atoms with Crippen LogP contribution in [0.15, 0.2) is 36.4 Å². The van der Waals surface area contributed by atoms with Gasteiger partial charge in [-0.1, -0.05) is 23.2 Å². The molecule has 0 aromatic heterocycles. The summed E-state index contributed by atoms with van der Waals surface area (Å²) in [5.41, 5.74) is 3.98. The van der Waals surface area contributed by atoms with Crippen molar-refractivity contribution in [2.24, 2.45) is 5.84 Å². The number of hydrazine groups is 1. The third-order valence-corrected chi connectivity index (χ3v) is 3.72. The first-order valence-corrected chi connectivity index (χ1v) is 7.08. The molecule has 2 nitrogen and oxygen atoms in total. The molecule has 0 fully saturated rings. The van der Waals surface area contributed by atoms with E-state index in [1.165, 1.54) is 12.1 Å². The van der Waals surface area contributed by atoms with Crippen LogP contribution in [0.5, 0.6) is 0 Å². The molecule has 0 bridgehead atoms. The first-order valence-electron chi connectivity index (χ1n) is 6.33. The highest BCUT2D eigenvalue weighted by Crippen LogP contribution is 2.22. The monoisotopic (exact) mass is 330 g/mol. The second-order valence-corrected chi connectivity index (χ2v) is 5.63. The zero-order chi connectivity index (χ0) is 15.4. The fourth-order valence-corrected chi connectivity index (χ4v) is 2.56. The van der Waals surface area contributed by atoms with Crippen LogP contribution in [-0.2, 0) is 12.8 Å². The lowest BCUT2D eigenvalue weighted by Crippen LogP contribution is -2.38. The number of nitrogens with one attached hydrogen (secondary N) is 1. The van der Waals surface area contributed by atoms with E-state index in [2.05, 4.69) is 5.43 Å². The van der Waals surface area contributed by atoms with Gasteiger partial charge in [0.1, 0.15) is 11.6 Å². The van der Waals surface area contributed by atoms with Gasteiger partial charge < -0.3 is 0 Å². The Bertz CT molecular complexity index is 615. The minimum Gasteiger partial charge on any atom is -0.271 e. The Kier molecular flexibility index (Phi) is 5.53. The number of hydrogen-bond acceptors (Lipinski definition) is 2. The number of benzene rings is 2. The summed E-state index contributed by atoms with van der Waals surface area (Å²) in [5, 5.41) is 1.15. The lowest BCUT2D eigenvalue weighted by atomic mass is 9.99. The normalized spacial score (nSPS) is 12.4. The number of nitrogens with two attached hydrogens (primary N) is 1. The van der Waals surface area contributed by atoms with Crippen LogP contribution in [0.25, 0.3) is 0 Å². The maximum absolute atomic E-state index is 13.2. The van der Waals surface area contributed by atoms with E-state index in [0.29, 0.717) is 28.5 Å². The van der Waals surface area contributed by atoms with Crippen LogP contribution in [0.3, 0.4) is 0 Å². The molecule has 21 heavy (non-hydrogen) atoms. The summed E-state index contributed by atoms with van der Waals surface area (Å²) in [7, 11) is 0. The topological polar surface area (TPSA) is 38.0 Å². The molecular weight excluding hydrogens is 317 g/mol. The van der Waals surface area contributed by atoms with Crippen molar-refractivity contribution in [2.75, 3.05) is 0 Å². The predicted octanol–water partition coefficient (Wildman–Crippen LogP) is 3.89. The predicted molar refractivity (Wildman–Crippen MR) is 81.3 cm³/mol. The molecule has 0 spiro atoms. The molecule has 1 atom stereocenters. The van der Waals surface area contributed by atoms with Gasteiger partial charge in [-0.05, 0) is 54.3 Å². The first-order chi connectivity index (χ1) is 9.97. The lowest BCUT2D eigenvalue weighted by Gasteiger charge is -2.17. The van der Waals surface area contributed by atoms with Gasteiger partial charge in [-0.15, -0.1) is 0 Å². The number of hydrogen-bond donors (Lipinski definition) is 2. The molecule has 0 radical (unpaired) electrons. The van der Waals surface area contributed by atoms with Crippen LogP contribution in [0, 0.1) is 11.6 Å². The molecule has 0 saturated heterocycles. The van der Waals surface area contributed by atoms with E-state index in [1.54, 1.807) is 18.2 Å². The van der Waals surface area contributed by atoms with Crippen LogP contribution in [0.2, 0.25) is 10.0 Å². The summed E-state index contributed by atoms with van der Waals surface area (Å²) < 4.78 is 26.4. The van der Waals surface area contributed by atoms with Crippen molar-refractivity contribution in [1.82, 2.24) is 5.43 Å². The van der Waals surface area contributed by atoms with E-state index in [-0.39, 0.29) is 6.04 Å². The van der Waals surface area contributed by atoms with Gasteiger partial charge >= 0.3 is 0 Å². The van der Waals surface area contributed by atoms with Crippen LogP contribution in [0.4, 0.5) is 8.78 Å². The standard InChI is InChI=1S/C15H14Cl2F2N2/c16-11-1-2-15(17)10(6-11)7-14(21-20)5-9-3-12(18)8-13(19)4-9/h1-4,6,8,14,21H,5,7,20H2. The molecule has 0 amide bonds. The molecule has 2 aromatic rings. The van der Waals surface area contributed by atoms with Crippen molar-refractivity contribution in [3.05, 3.63) is 69.2 Å². The molecule has 6 heteroatoms. The number of halogens is 4. The van der Waals surface area contributed by atoms with Gasteiger partial charge in [0.25, 0.3) is 0 Å². The van der Waals surface area contributed by atoms with E-state index < -0.39 is 11.6 Å². The Morgan fingerprint density at radius 1 is 1.00 bits per heavy atom. The van der Waals surface area contributed by atoms with Crippen LogP contribution < -0.4 is 11.3 Å². The third-order valence-electron chi connectivity index (χ3n) is 3.11. The molecule has 0 heterocycles. The van der Waals surface area contributed by atoms with Crippen molar-refractivity contribution in [2.45, 2.75) is 18.9 Å². The Labute approximate surface area is 131 Å². The highest BCUT2D eigenvalue weighted by atomic mass is 35.5. The van der Waals surface area contributed by atoms with Crippen LogP contribution in [-0.4, -0.2) is 6.04 Å². The second-order valence-electron chi connectivity index (χ2n) is 4.79. The minimum atomic E-state index is -0.610. The van der Waals surface area contributed by atoms with Gasteiger partial charge in [0.15, 0.2) is 0 Å². The summed E-state index contributed by atoms with van der Waals surface area (Å²) in [6, 6.07) is 8.33. The fraction of sp³-hybridized carbons (Fsp3) is 0.200. The Morgan fingerprint density at radius 2 is 1.67 bits per heavy atom. The maximum atomic E-state index is 13.2. The molecule has 0 aliphatic heterocycles. The second kappa shape index (κ2) is 7.18. The molecule has 3 N–H and O–H groups in total. The van der Waals surface area contributed by atoms with Crippen molar-refractivity contribution < 1.29 is 8.78 Å². The molecular formula is C15H14Cl2F2N2. The Hall–Kier alpha value is -1.20. The van der Waals surface area contributed by atoms with Crippen molar-refractivity contribution in [3.63, 3.8) is 0 Å². The van der Waals surface area contributed by atoms with E-state index >= 15 is 0 Å². The lowest BCUT2D eigenvalue weighted by molar-refractivity contribution is 0.516. The largest absolute Gasteiger partial charge is 0.271 e. The zero-order valence-corrected chi connectivity index (χ0v) is 12.6. The van der Waals surface area contributed by atoms with E-state index in [9.17, 15) is 8.78 Å². The fourth-order valence-electron chi connectivity index (χ4n) is 2.17. The summed E-state index contributed by atoms with van der Waals surface area (Å²) in [6.07, 6.45) is 0.863. The molecule has 2 aromatic carbocycles. The van der Waals surface area contributed by atoms with Gasteiger partial charge in [0.05, 0.1) is 0 Å². The summed E-state index contributed by atoms with van der Waals surface area (Å²) in [4.78, 5) is 0. The average Bonchev–Trinajstić information content (AvgIpc) is 2.41. The smallest absolute Gasteiger partial charge is 0.126 e. The Morgan fingerprint density at radius 3 is 2.29 bits per heavy atom. The average molecular weight is 331 g/mol. The molecule has 0 aliphatic carbocycles. The third kappa shape index (κ3) is 4.64.